The quantitative estimate of drug-likeness (QED) is 0.443. The van der Waals surface area contributed by atoms with Crippen molar-refractivity contribution in [2.24, 2.45) is 0 Å². The second-order valence-electron chi connectivity index (χ2n) is 4.21. The van der Waals surface area contributed by atoms with E-state index in [0.717, 1.165) is 12.8 Å². The van der Waals surface area contributed by atoms with Crippen molar-refractivity contribution >= 4 is 11.9 Å². The maximum absolute atomic E-state index is 11.4. The topological polar surface area (TPSA) is 68.4 Å². The molecular formula is C14H19NO4. The maximum Gasteiger partial charge on any atom is 0.333 e. The minimum Gasteiger partial charge on any atom is -0.462 e. The molecule has 1 aromatic rings. The Labute approximate surface area is 112 Å². The summed E-state index contributed by atoms with van der Waals surface area (Å²) in [4.78, 5) is 25.3. The Bertz CT molecular complexity index is 423. The first-order valence-electron chi connectivity index (χ1n) is 6.19. The molecule has 104 valence electrons. The number of hydrogen-bond donors (Lipinski definition) is 1. The Hall–Kier alpha value is -2.04. The van der Waals surface area contributed by atoms with Crippen molar-refractivity contribution in [3.8, 4) is 0 Å². The Kier molecular flexibility index (Phi) is 6.43. The third-order valence-corrected chi connectivity index (χ3v) is 2.44. The van der Waals surface area contributed by atoms with Crippen molar-refractivity contribution in [3.05, 3.63) is 36.2 Å². The first kappa shape index (κ1) is 15.0. The van der Waals surface area contributed by atoms with Crippen molar-refractivity contribution in [1.29, 1.82) is 0 Å². The molecule has 1 heterocycles. The van der Waals surface area contributed by atoms with Crippen LogP contribution in [0.5, 0.6) is 0 Å². The highest BCUT2D eigenvalue weighted by molar-refractivity contribution is 5.86. The van der Waals surface area contributed by atoms with E-state index >= 15 is 0 Å². The van der Waals surface area contributed by atoms with E-state index in [1.54, 1.807) is 6.92 Å². The molecule has 0 aliphatic rings. The van der Waals surface area contributed by atoms with Gasteiger partial charge >= 0.3 is 11.9 Å². The van der Waals surface area contributed by atoms with Crippen LogP contribution in [-0.2, 0) is 25.5 Å². The molecule has 0 bridgehead atoms. The monoisotopic (exact) mass is 265 g/mol. The number of aromatic nitrogens is 1. The summed E-state index contributed by atoms with van der Waals surface area (Å²) in [7, 11) is 0. The molecule has 0 amide bonds. The van der Waals surface area contributed by atoms with Crippen LogP contribution in [0.2, 0.25) is 0 Å². The molecule has 0 aliphatic heterocycles. The summed E-state index contributed by atoms with van der Waals surface area (Å²) in [5, 5.41) is 0. The molecule has 1 N–H and O–H groups in total. The van der Waals surface area contributed by atoms with Crippen LogP contribution in [0.3, 0.4) is 0 Å². The zero-order chi connectivity index (χ0) is 14.1. The van der Waals surface area contributed by atoms with Crippen LogP contribution in [0.15, 0.2) is 30.6 Å². The summed E-state index contributed by atoms with van der Waals surface area (Å²) >= 11 is 0. The molecule has 0 fully saturated rings. The minimum absolute atomic E-state index is 0.0647. The lowest BCUT2D eigenvalue weighted by molar-refractivity contribution is -0.150. The SMILES string of the molecule is C=C(C)C(=O)OCCOC(=O)CCCc1cc[nH]c1. The lowest BCUT2D eigenvalue weighted by Gasteiger charge is -2.06. The van der Waals surface area contributed by atoms with Crippen molar-refractivity contribution in [2.75, 3.05) is 13.2 Å². The molecule has 19 heavy (non-hydrogen) atoms. The van der Waals surface area contributed by atoms with E-state index in [9.17, 15) is 9.59 Å². The van der Waals surface area contributed by atoms with Gasteiger partial charge in [0, 0.05) is 24.4 Å². The van der Waals surface area contributed by atoms with Gasteiger partial charge in [-0.25, -0.2) is 4.79 Å². The Morgan fingerprint density at radius 1 is 1.32 bits per heavy atom. The number of H-pyrrole nitrogens is 1. The molecule has 0 aliphatic carbocycles. The minimum atomic E-state index is -0.469. The van der Waals surface area contributed by atoms with Crippen LogP contribution >= 0.6 is 0 Å². The number of hydrogen-bond acceptors (Lipinski definition) is 4. The number of ether oxygens (including phenoxy) is 2. The van der Waals surface area contributed by atoms with Crippen LogP contribution in [0.1, 0.15) is 25.3 Å². The highest BCUT2D eigenvalue weighted by atomic mass is 16.6. The van der Waals surface area contributed by atoms with Gasteiger partial charge in [-0.3, -0.25) is 4.79 Å². The van der Waals surface area contributed by atoms with Gasteiger partial charge < -0.3 is 14.5 Å². The number of aromatic amines is 1. The summed E-state index contributed by atoms with van der Waals surface area (Å²) in [5.74, 6) is -0.745. The second-order valence-corrected chi connectivity index (χ2v) is 4.21. The molecule has 0 unspecified atom stereocenters. The molecule has 0 aromatic carbocycles. The van der Waals surface area contributed by atoms with E-state index in [2.05, 4.69) is 11.6 Å². The molecule has 1 aromatic heterocycles. The van der Waals surface area contributed by atoms with Gasteiger partial charge in [-0.2, -0.15) is 0 Å². The lowest BCUT2D eigenvalue weighted by Crippen LogP contribution is -2.14. The van der Waals surface area contributed by atoms with Crippen molar-refractivity contribution in [1.82, 2.24) is 4.98 Å². The Morgan fingerprint density at radius 2 is 2.05 bits per heavy atom. The van der Waals surface area contributed by atoms with Crippen LogP contribution < -0.4 is 0 Å². The molecule has 5 heteroatoms. The molecular weight excluding hydrogens is 246 g/mol. The van der Waals surface area contributed by atoms with Gasteiger partial charge in [-0.15, -0.1) is 0 Å². The average molecular weight is 265 g/mol. The highest BCUT2D eigenvalue weighted by Crippen LogP contribution is 2.04. The van der Waals surface area contributed by atoms with Gasteiger partial charge in [-0.05, 0) is 31.4 Å². The average Bonchev–Trinajstić information content (AvgIpc) is 2.87. The van der Waals surface area contributed by atoms with Gasteiger partial charge in [0.2, 0.25) is 0 Å². The van der Waals surface area contributed by atoms with Crippen molar-refractivity contribution in [2.45, 2.75) is 26.2 Å². The fraction of sp³-hybridized carbons (Fsp3) is 0.429. The number of nitrogens with one attached hydrogen (secondary N) is 1. The number of carbonyl (C=O) groups is 2. The van der Waals surface area contributed by atoms with E-state index in [0.29, 0.717) is 12.0 Å². The van der Waals surface area contributed by atoms with Gasteiger partial charge in [-0.1, -0.05) is 6.58 Å². The zero-order valence-corrected chi connectivity index (χ0v) is 11.1. The molecule has 0 saturated carbocycles. The fourth-order valence-corrected chi connectivity index (χ4v) is 1.44. The highest BCUT2D eigenvalue weighted by Gasteiger charge is 2.05. The summed E-state index contributed by atoms with van der Waals surface area (Å²) in [6.45, 7) is 5.16. The normalized spacial score (nSPS) is 9.95. The first-order chi connectivity index (χ1) is 9.09. The van der Waals surface area contributed by atoms with E-state index in [-0.39, 0.29) is 19.2 Å². The third kappa shape index (κ3) is 6.45. The van der Waals surface area contributed by atoms with Crippen LogP contribution in [0, 0.1) is 0 Å². The van der Waals surface area contributed by atoms with Crippen LogP contribution in [-0.4, -0.2) is 30.1 Å². The van der Waals surface area contributed by atoms with Gasteiger partial charge in [0.1, 0.15) is 13.2 Å². The maximum atomic E-state index is 11.4. The Morgan fingerprint density at radius 3 is 2.68 bits per heavy atom. The van der Waals surface area contributed by atoms with Gasteiger partial charge in [0.05, 0.1) is 0 Å². The first-order valence-corrected chi connectivity index (χ1v) is 6.19. The van der Waals surface area contributed by atoms with E-state index in [1.807, 2.05) is 18.5 Å². The molecule has 0 saturated heterocycles. The summed E-state index contributed by atoms with van der Waals surface area (Å²) in [5.41, 5.74) is 1.50. The summed E-state index contributed by atoms with van der Waals surface area (Å²) < 4.78 is 9.74. The number of rotatable bonds is 8. The molecule has 1 rings (SSSR count). The summed E-state index contributed by atoms with van der Waals surface area (Å²) in [6.07, 6.45) is 5.69. The number of carbonyl (C=O) groups excluding carboxylic acids is 2. The molecule has 0 atom stereocenters. The smallest absolute Gasteiger partial charge is 0.333 e. The number of aryl methyl sites for hydroxylation is 1. The summed E-state index contributed by atoms with van der Waals surface area (Å²) in [6, 6.07) is 1.97. The largest absolute Gasteiger partial charge is 0.462 e. The third-order valence-electron chi connectivity index (χ3n) is 2.44. The van der Waals surface area contributed by atoms with E-state index in [1.165, 1.54) is 5.56 Å². The molecule has 5 nitrogen and oxygen atoms in total. The predicted molar refractivity (Wildman–Crippen MR) is 70.5 cm³/mol. The number of esters is 2. The van der Waals surface area contributed by atoms with Crippen molar-refractivity contribution < 1.29 is 19.1 Å². The van der Waals surface area contributed by atoms with Gasteiger partial charge in [0.25, 0.3) is 0 Å². The van der Waals surface area contributed by atoms with E-state index < -0.39 is 5.97 Å². The molecule has 0 spiro atoms. The zero-order valence-electron chi connectivity index (χ0n) is 11.1. The predicted octanol–water partition coefficient (Wildman–Crippen LogP) is 2.00. The second kappa shape index (κ2) is 8.13. The standard InChI is InChI=1S/C14H19NO4/c1-11(2)14(17)19-9-8-18-13(16)5-3-4-12-6-7-15-10-12/h6-7,10,15H,1,3-5,8-9H2,2H3. The molecule has 0 radical (unpaired) electrons. The lowest BCUT2D eigenvalue weighted by atomic mass is 10.1. The van der Waals surface area contributed by atoms with Crippen LogP contribution in [0.4, 0.5) is 0 Å². The fourth-order valence-electron chi connectivity index (χ4n) is 1.44. The Balaban J connectivity index is 2.02. The van der Waals surface area contributed by atoms with Crippen molar-refractivity contribution in [3.63, 3.8) is 0 Å². The van der Waals surface area contributed by atoms with Gasteiger partial charge in [0.15, 0.2) is 0 Å². The van der Waals surface area contributed by atoms with Crippen LogP contribution in [0.25, 0.3) is 0 Å². The van der Waals surface area contributed by atoms with E-state index in [4.69, 9.17) is 9.47 Å².